The average Bonchev–Trinajstić information content (AvgIpc) is 2.37. The van der Waals surface area contributed by atoms with Gasteiger partial charge < -0.3 is 10.1 Å². The third kappa shape index (κ3) is 4.33. The number of anilines is 2. The SMILES string of the molecule is CCOC(=O)N(Cl)c1cc(NC(C)=O)ccc1SC. The largest absolute Gasteiger partial charge is 0.449 e. The van der Waals surface area contributed by atoms with Crippen LogP contribution < -0.4 is 9.74 Å². The van der Waals surface area contributed by atoms with E-state index < -0.39 is 6.09 Å². The molecule has 0 atom stereocenters. The van der Waals surface area contributed by atoms with Crippen molar-refractivity contribution < 1.29 is 14.3 Å². The predicted molar refractivity (Wildman–Crippen MR) is 77.9 cm³/mol. The van der Waals surface area contributed by atoms with Gasteiger partial charge in [0.25, 0.3) is 0 Å². The van der Waals surface area contributed by atoms with Crippen molar-refractivity contribution in [2.45, 2.75) is 18.7 Å². The van der Waals surface area contributed by atoms with E-state index in [9.17, 15) is 9.59 Å². The highest BCUT2D eigenvalue weighted by Crippen LogP contribution is 2.33. The van der Waals surface area contributed by atoms with Crippen LogP contribution in [0.25, 0.3) is 0 Å². The molecule has 0 spiro atoms. The van der Waals surface area contributed by atoms with Gasteiger partial charge >= 0.3 is 6.09 Å². The van der Waals surface area contributed by atoms with Gasteiger partial charge in [0.1, 0.15) is 0 Å². The lowest BCUT2D eigenvalue weighted by atomic mass is 10.2. The van der Waals surface area contributed by atoms with Crippen LogP contribution in [0.4, 0.5) is 16.2 Å². The molecule has 0 aliphatic carbocycles. The number of hydrogen-bond acceptors (Lipinski definition) is 4. The number of nitrogens with zero attached hydrogens (tertiary/aromatic N) is 1. The maximum absolute atomic E-state index is 11.6. The summed E-state index contributed by atoms with van der Waals surface area (Å²) in [5.74, 6) is -0.194. The van der Waals surface area contributed by atoms with Crippen molar-refractivity contribution in [2.75, 3.05) is 22.6 Å². The Morgan fingerprint density at radius 2 is 2.16 bits per heavy atom. The van der Waals surface area contributed by atoms with Crippen molar-refractivity contribution in [3.8, 4) is 0 Å². The minimum absolute atomic E-state index is 0.194. The zero-order chi connectivity index (χ0) is 14.4. The second-order valence-electron chi connectivity index (χ2n) is 3.55. The summed E-state index contributed by atoms with van der Waals surface area (Å²) < 4.78 is 5.74. The van der Waals surface area contributed by atoms with Gasteiger partial charge in [0.05, 0.1) is 12.3 Å². The van der Waals surface area contributed by atoms with E-state index >= 15 is 0 Å². The van der Waals surface area contributed by atoms with E-state index in [2.05, 4.69) is 5.32 Å². The molecule has 1 aromatic carbocycles. The van der Waals surface area contributed by atoms with Gasteiger partial charge in [-0.1, -0.05) is 0 Å². The van der Waals surface area contributed by atoms with Crippen LogP contribution in [0.3, 0.4) is 0 Å². The van der Waals surface area contributed by atoms with Crippen LogP contribution >= 0.6 is 23.5 Å². The molecule has 1 rings (SSSR count). The number of hydrogen-bond donors (Lipinski definition) is 1. The molecule has 19 heavy (non-hydrogen) atoms. The molecular formula is C12H15ClN2O3S. The molecule has 0 aliphatic heterocycles. The monoisotopic (exact) mass is 302 g/mol. The number of amides is 2. The highest BCUT2D eigenvalue weighted by molar-refractivity contribution is 7.98. The van der Waals surface area contributed by atoms with E-state index in [4.69, 9.17) is 16.5 Å². The molecule has 0 saturated carbocycles. The van der Waals surface area contributed by atoms with Crippen LogP contribution in [0, 0.1) is 0 Å². The normalized spacial score (nSPS) is 9.89. The van der Waals surface area contributed by atoms with Crippen LogP contribution in [-0.2, 0) is 9.53 Å². The molecule has 7 heteroatoms. The smallest absolute Gasteiger partial charge is 0.429 e. The molecule has 0 unspecified atom stereocenters. The maximum Gasteiger partial charge on any atom is 0.429 e. The fourth-order valence-electron chi connectivity index (χ4n) is 1.40. The standard InChI is InChI=1S/C12H15ClN2O3S/c1-4-18-12(17)15(13)10-7-9(14-8(2)16)5-6-11(10)19-3/h5-7H,4H2,1-3H3,(H,14,16). The molecule has 0 heterocycles. The second-order valence-corrected chi connectivity index (χ2v) is 4.73. The summed E-state index contributed by atoms with van der Waals surface area (Å²) in [7, 11) is 0. The Morgan fingerprint density at radius 1 is 1.47 bits per heavy atom. The number of nitrogens with one attached hydrogen (secondary N) is 1. The highest BCUT2D eigenvalue weighted by atomic mass is 35.5. The van der Waals surface area contributed by atoms with Crippen molar-refractivity contribution in [2.24, 2.45) is 0 Å². The van der Waals surface area contributed by atoms with Gasteiger partial charge in [0, 0.05) is 29.3 Å². The molecule has 0 fully saturated rings. The Labute approximate surface area is 121 Å². The fourth-order valence-corrected chi connectivity index (χ4v) is 2.21. The number of carbonyl (C=O) groups excluding carboxylic acids is 2. The van der Waals surface area contributed by atoms with Gasteiger partial charge in [-0.05, 0) is 31.4 Å². The van der Waals surface area contributed by atoms with Crippen LogP contribution in [0.15, 0.2) is 23.1 Å². The quantitative estimate of drug-likeness (QED) is 0.683. The van der Waals surface area contributed by atoms with E-state index in [-0.39, 0.29) is 12.5 Å². The summed E-state index contributed by atoms with van der Waals surface area (Å²) in [6, 6.07) is 5.14. The van der Waals surface area contributed by atoms with Gasteiger partial charge in [0.2, 0.25) is 5.91 Å². The first kappa shape index (κ1) is 15.7. The van der Waals surface area contributed by atoms with Crippen LogP contribution in [-0.4, -0.2) is 24.9 Å². The first-order chi connectivity index (χ1) is 8.99. The Hall–Kier alpha value is -1.40. The minimum atomic E-state index is -0.653. The molecule has 0 aromatic heterocycles. The number of benzene rings is 1. The third-order valence-electron chi connectivity index (χ3n) is 2.14. The number of thioether (sulfide) groups is 1. The average molecular weight is 303 g/mol. The number of carbonyl (C=O) groups is 2. The molecular weight excluding hydrogens is 288 g/mol. The lowest BCUT2D eigenvalue weighted by Crippen LogP contribution is -2.22. The summed E-state index contributed by atoms with van der Waals surface area (Å²) in [5.41, 5.74) is 1.04. The van der Waals surface area contributed by atoms with Crippen molar-refractivity contribution in [3.63, 3.8) is 0 Å². The topological polar surface area (TPSA) is 58.6 Å². The molecule has 0 radical (unpaired) electrons. The van der Waals surface area contributed by atoms with Crippen molar-refractivity contribution in [1.82, 2.24) is 0 Å². The van der Waals surface area contributed by atoms with Crippen LogP contribution in [0.2, 0.25) is 0 Å². The van der Waals surface area contributed by atoms with E-state index in [1.54, 1.807) is 25.1 Å². The van der Waals surface area contributed by atoms with Gasteiger partial charge in [0.15, 0.2) is 0 Å². The third-order valence-corrected chi connectivity index (χ3v) is 3.24. The lowest BCUT2D eigenvalue weighted by Gasteiger charge is -2.17. The zero-order valence-corrected chi connectivity index (χ0v) is 12.5. The molecule has 104 valence electrons. The summed E-state index contributed by atoms with van der Waals surface area (Å²) >= 11 is 7.40. The highest BCUT2D eigenvalue weighted by Gasteiger charge is 2.18. The Kier molecular flexibility index (Phi) is 5.98. The Balaban J connectivity index is 3.07. The van der Waals surface area contributed by atoms with Crippen LogP contribution in [0.5, 0.6) is 0 Å². The molecule has 2 amide bonds. The van der Waals surface area contributed by atoms with Gasteiger partial charge in [-0.15, -0.1) is 11.8 Å². The number of halogens is 1. The van der Waals surface area contributed by atoms with E-state index in [0.29, 0.717) is 11.4 Å². The summed E-state index contributed by atoms with van der Waals surface area (Å²) in [6.45, 7) is 3.35. The molecule has 0 saturated heterocycles. The fraction of sp³-hybridized carbons (Fsp3) is 0.333. The summed E-state index contributed by atoms with van der Waals surface area (Å²) in [5, 5.41) is 2.64. The van der Waals surface area contributed by atoms with Crippen molar-refractivity contribution >= 4 is 46.9 Å². The Bertz CT molecular complexity index is 482. The van der Waals surface area contributed by atoms with Gasteiger partial charge in [-0.25, -0.2) is 4.79 Å². The summed E-state index contributed by atoms with van der Waals surface area (Å²) in [6.07, 6.45) is 1.21. The summed E-state index contributed by atoms with van der Waals surface area (Å²) in [4.78, 5) is 23.5. The Morgan fingerprint density at radius 3 is 2.68 bits per heavy atom. The number of rotatable bonds is 4. The van der Waals surface area contributed by atoms with E-state index in [1.165, 1.54) is 18.7 Å². The molecule has 0 bridgehead atoms. The number of ether oxygens (including phenoxy) is 1. The lowest BCUT2D eigenvalue weighted by molar-refractivity contribution is -0.114. The second kappa shape index (κ2) is 7.25. The van der Waals surface area contributed by atoms with Gasteiger partial charge in [-0.3, -0.25) is 4.79 Å². The molecule has 5 nitrogen and oxygen atoms in total. The molecule has 1 aromatic rings. The minimum Gasteiger partial charge on any atom is -0.449 e. The first-order valence-corrected chi connectivity index (χ1v) is 7.14. The van der Waals surface area contributed by atoms with Crippen molar-refractivity contribution in [1.29, 1.82) is 0 Å². The van der Waals surface area contributed by atoms with E-state index in [1.807, 2.05) is 6.26 Å². The van der Waals surface area contributed by atoms with Gasteiger partial charge in [-0.2, -0.15) is 4.42 Å². The van der Waals surface area contributed by atoms with Crippen molar-refractivity contribution in [3.05, 3.63) is 18.2 Å². The first-order valence-electron chi connectivity index (χ1n) is 5.57. The zero-order valence-electron chi connectivity index (χ0n) is 10.9. The predicted octanol–water partition coefficient (Wildman–Crippen LogP) is 3.48. The van der Waals surface area contributed by atoms with E-state index in [0.717, 1.165) is 9.31 Å². The maximum atomic E-state index is 11.6. The molecule has 1 N–H and O–H groups in total. The molecule has 0 aliphatic rings. The van der Waals surface area contributed by atoms with Crippen LogP contribution in [0.1, 0.15) is 13.8 Å².